The summed E-state index contributed by atoms with van der Waals surface area (Å²) in [6, 6.07) is 0. The molecule has 0 nitrogen and oxygen atoms in total. The van der Waals surface area contributed by atoms with E-state index in [1.807, 2.05) is 0 Å². The maximum Gasteiger partial charge on any atom is 0.560 e. The molecule has 0 N–H and O–H groups in total. The smallest absolute Gasteiger partial charge is 0.280 e. The zero-order valence-electron chi connectivity index (χ0n) is 7.43. The lowest BCUT2D eigenvalue weighted by Crippen LogP contribution is -1.93. The quantitative estimate of drug-likeness (QED) is 0.481. The second-order valence-corrected chi connectivity index (χ2v) is 19.4. The summed E-state index contributed by atoms with van der Waals surface area (Å²) in [7, 11) is 0. The first-order valence-corrected chi connectivity index (χ1v) is 18.7. The summed E-state index contributed by atoms with van der Waals surface area (Å²) >= 11 is 12.9. The van der Waals surface area contributed by atoms with Crippen molar-refractivity contribution in [2.75, 3.05) is 0 Å². The molecule has 0 aromatic carbocycles. The van der Waals surface area contributed by atoms with Gasteiger partial charge in [-0.05, 0) is 5.41 Å². The van der Waals surface area contributed by atoms with Crippen molar-refractivity contribution >= 4 is 83.6 Å². The second-order valence-electron chi connectivity index (χ2n) is 3.20. The number of hydrogen-bond donors (Lipinski definition) is 0. The molecule has 0 rings (SSSR count). The van der Waals surface area contributed by atoms with E-state index in [1.165, 1.54) is 0 Å². The second kappa shape index (κ2) is 15.9. The predicted octanol–water partition coefficient (Wildman–Crippen LogP) is 4.67. The van der Waals surface area contributed by atoms with Crippen molar-refractivity contribution in [3.05, 3.63) is 0 Å². The molecule has 0 fully saturated rings. The average Bonchev–Trinajstić information content (AvgIpc) is 1.62. The topological polar surface area (TPSA) is 0 Å². The Balaban J connectivity index is -0.0000000933. The zero-order valence-corrected chi connectivity index (χ0v) is 16.6. The van der Waals surface area contributed by atoms with E-state index >= 15 is 0 Å². The monoisotopic (exact) mass is 436 g/mol. The van der Waals surface area contributed by atoms with E-state index in [4.69, 9.17) is 0 Å². The molecular weight excluding hydrogens is 428 g/mol. The highest BCUT2D eigenvalue weighted by Gasteiger charge is 1.95. The minimum Gasteiger partial charge on any atom is -0.280 e. The molecular formula is C5H12Br4Mg2. The SMILES string of the molecule is CC(C)(C)C.[Br][Mg][Br].[Br][Mg][Br]. The van der Waals surface area contributed by atoms with Gasteiger partial charge in [0, 0.05) is 0 Å². The van der Waals surface area contributed by atoms with Crippen molar-refractivity contribution in [3.8, 4) is 0 Å². The molecule has 0 saturated heterocycles. The van der Waals surface area contributed by atoms with Crippen molar-refractivity contribution in [2.24, 2.45) is 5.41 Å². The fourth-order valence-electron chi connectivity index (χ4n) is 0. The molecule has 6 heteroatoms. The van der Waals surface area contributed by atoms with E-state index < -0.39 is 0 Å². The molecule has 0 heterocycles. The summed E-state index contributed by atoms with van der Waals surface area (Å²) in [4.78, 5) is 0. The summed E-state index contributed by atoms with van der Waals surface area (Å²) in [6.45, 7) is 8.75. The van der Waals surface area contributed by atoms with Gasteiger partial charge in [0.2, 0.25) is 0 Å². The Morgan fingerprint density at radius 3 is 0.727 bits per heavy atom. The minimum atomic E-state index is 0.0417. The predicted molar refractivity (Wildman–Crippen MR) is 72.3 cm³/mol. The van der Waals surface area contributed by atoms with E-state index in [9.17, 15) is 0 Å². The van der Waals surface area contributed by atoms with Crippen molar-refractivity contribution in [3.63, 3.8) is 0 Å². The standard InChI is InChI=1S/C5H12.4BrH.2Mg/c1-5(2,3)4;;;;;;/h1-4H3;4*1H;;/q;;;;;2*+2/p-4. The van der Waals surface area contributed by atoms with E-state index in [0.717, 1.165) is 0 Å². The molecule has 11 heavy (non-hydrogen) atoms. The van der Waals surface area contributed by atoms with Crippen LogP contribution >= 0.6 is 51.5 Å². The molecule has 0 aromatic heterocycles. The third-order valence-electron chi connectivity index (χ3n) is 0. The van der Waals surface area contributed by atoms with E-state index in [1.54, 1.807) is 0 Å². The van der Waals surface area contributed by atoms with Gasteiger partial charge >= 0.3 is 32.0 Å². The van der Waals surface area contributed by atoms with Crippen LogP contribution in [0.1, 0.15) is 27.7 Å². The van der Waals surface area contributed by atoms with Gasteiger partial charge in [0.05, 0.1) is 0 Å². The van der Waals surface area contributed by atoms with Gasteiger partial charge in [-0.15, -0.1) is 0 Å². The summed E-state index contributed by atoms with van der Waals surface area (Å²) in [5.74, 6) is 0. The van der Waals surface area contributed by atoms with Crippen LogP contribution in [0.25, 0.3) is 0 Å². The molecule has 0 atom stereocenters. The molecule has 64 valence electrons. The van der Waals surface area contributed by atoms with Crippen LogP contribution < -0.4 is 0 Å². The van der Waals surface area contributed by atoms with Crippen LogP contribution in [0.3, 0.4) is 0 Å². The highest BCUT2D eigenvalue weighted by atomic mass is 79.9. The van der Waals surface area contributed by atoms with Gasteiger partial charge in [0.15, 0.2) is 0 Å². The first kappa shape index (κ1) is 19.9. The van der Waals surface area contributed by atoms with Gasteiger partial charge in [-0.2, -0.15) is 0 Å². The lowest BCUT2D eigenvalue weighted by atomic mass is 10.0. The van der Waals surface area contributed by atoms with Crippen molar-refractivity contribution in [1.82, 2.24) is 0 Å². The van der Waals surface area contributed by atoms with Crippen LogP contribution in [-0.4, -0.2) is 32.0 Å². The minimum absolute atomic E-state index is 0.0417. The Hall–Kier alpha value is 3.45. The first-order chi connectivity index (χ1) is 4.83. The Bertz CT molecular complexity index is 46.9. The summed E-state index contributed by atoms with van der Waals surface area (Å²) < 4.78 is 0. The molecule has 0 unspecified atom stereocenters. The highest BCUT2D eigenvalue weighted by Crippen LogP contribution is 2.07. The van der Waals surface area contributed by atoms with Gasteiger partial charge in [-0.1, -0.05) is 27.7 Å². The fourth-order valence-corrected chi connectivity index (χ4v) is 0. The van der Waals surface area contributed by atoms with Gasteiger partial charge in [0.25, 0.3) is 0 Å². The molecule has 0 amide bonds. The van der Waals surface area contributed by atoms with Crippen LogP contribution in [0.4, 0.5) is 0 Å². The van der Waals surface area contributed by atoms with Gasteiger partial charge in [-0.3, -0.25) is 51.5 Å². The molecule has 0 radical (unpaired) electrons. The van der Waals surface area contributed by atoms with Crippen molar-refractivity contribution < 1.29 is 0 Å². The number of hydrogen-bond acceptors (Lipinski definition) is 0. The van der Waals surface area contributed by atoms with Crippen molar-refractivity contribution in [1.29, 1.82) is 0 Å². The maximum atomic E-state index is 3.20. The van der Waals surface area contributed by atoms with E-state index in [0.29, 0.717) is 5.41 Å². The van der Waals surface area contributed by atoms with Gasteiger partial charge in [0.1, 0.15) is 0 Å². The summed E-state index contributed by atoms with van der Waals surface area (Å²) in [5, 5.41) is 0. The molecule has 0 aliphatic heterocycles. The number of rotatable bonds is 0. The Morgan fingerprint density at radius 2 is 0.727 bits per heavy atom. The van der Waals surface area contributed by atoms with Gasteiger partial charge < -0.3 is 0 Å². The summed E-state index contributed by atoms with van der Waals surface area (Å²) in [5.41, 5.74) is 0.500. The Kier molecular flexibility index (Phi) is 28.8. The molecule has 0 saturated carbocycles. The third-order valence-corrected chi connectivity index (χ3v) is 0. The van der Waals surface area contributed by atoms with Crippen LogP contribution in [0.15, 0.2) is 0 Å². The first-order valence-electron chi connectivity index (χ1n) is 3.07. The van der Waals surface area contributed by atoms with Crippen LogP contribution in [-0.2, 0) is 0 Å². The largest absolute Gasteiger partial charge is 0.560 e. The molecule has 0 bridgehead atoms. The van der Waals surface area contributed by atoms with Crippen LogP contribution in [0.2, 0.25) is 0 Å². The molecule has 0 aliphatic carbocycles. The van der Waals surface area contributed by atoms with E-state index in [2.05, 4.69) is 79.2 Å². The lowest BCUT2D eigenvalue weighted by Gasteiger charge is -2.05. The normalized spacial score (nSPS) is 7.27. The lowest BCUT2D eigenvalue weighted by molar-refractivity contribution is 0.469. The number of halogens is 4. The Morgan fingerprint density at radius 1 is 0.727 bits per heavy atom. The van der Waals surface area contributed by atoms with Crippen molar-refractivity contribution in [2.45, 2.75) is 27.7 Å². The molecule has 0 aliphatic rings. The third kappa shape index (κ3) is 148. The van der Waals surface area contributed by atoms with Crippen LogP contribution in [0, 0.1) is 5.41 Å². The zero-order chi connectivity index (χ0) is 9.91. The Labute approximate surface area is 114 Å². The molecule has 0 aromatic rings. The molecule has 0 spiro atoms. The fraction of sp³-hybridized carbons (Fsp3) is 1.00. The van der Waals surface area contributed by atoms with E-state index in [-0.39, 0.29) is 32.0 Å². The summed E-state index contributed by atoms with van der Waals surface area (Å²) in [6.07, 6.45) is 0. The highest BCUT2D eigenvalue weighted by molar-refractivity contribution is 9.47. The van der Waals surface area contributed by atoms with Gasteiger partial charge in [-0.25, -0.2) is 0 Å². The van der Waals surface area contributed by atoms with Crippen LogP contribution in [0.5, 0.6) is 0 Å². The maximum absolute atomic E-state index is 3.20. The average molecular weight is 440 g/mol.